The Balaban J connectivity index is 1.57. The van der Waals surface area contributed by atoms with Gasteiger partial charge in [0.05, 0.1) is 6.21 Å². The Morgan fingerprint density at radius 1 is 0.871 bits per heavy atom. The zero-order chi connectivity index (χ0) is 21.6. The van der Waals surface area contributed by atoms with Crippen molar-refractivity contribution in [3.8, 4) is 5.75 Å². The van der Waals surface area contributed by atoms with Gasteiger partial charge >= 0.3 is 0 Å². The maximum Gasteiger partial charge on any atom is 0.271 e. The highest BCUT2D eigenvalue weighted by Crippen LogP contribution is 2.27. The number of halogens is 2. The second-order valence-electron chi connectivity index (χ2n) is 6.82. The first kappa shape index (κ1) is 21.8. The summed E-state index contributed by atoms with van der Waals surface area (Å²) in [5, 5.41) is 6.30. The first-order chi connectivity index (χ1) is 15.1. The highest BCUT2D eigenvalue weighted by Gasteiger charge is 2.09. The number of nitrogens with one attached hydrogen (secondary N) is 1. The minimum Gasteiger partial charge on any atom is -0.488 e. The van der Waals surface area contributed by atoms with Crippen LogP contribution in [0.5, 0.6) is 5.75 Å². The van der Waals surface area contributed by atoms with Crippen molar-refractivity contribution < 1.29 is 9.53 Å². The molecule has 4 rings (SSSR count). The molecule has 0 aliphatic heterocycles. The third kappa shape index (κ3) is 5.62. The largest absolute Gasteiger partial charge is 0.488 e. The summed E-state index contributed by atoms with van der Waals surface area (Å²) < 4.78 is 8.38. The topological polar surface area (TPSA) is 50.7 Å². The third-order valence-corrected chi connectivity index (χ3v) is 6.14. The Morgan fingerprint density at radius 3 is 2.29 bits per heavy atom. The number of amides is 1. The number of carbonyl (C=O) groups is 1. The van der Waals surface area contributed by atoms with E-state index >= 15 is 0 Å². The van der Waals surface area contributed by atoms with Gasteiger partial charge in [0.15, 0.2) is 0 Å². The summed E-state index contributed by atoms with van der Waals surface area (Å²) in [4.78, 5) is 12.4. The fourth-order valence-corrected chi connectivity index (χ4v) is 3.82. The van der Waals surface area contributed by atoms with Gasteiger partial charge in [0, 0.05) is 18.3 Å². The molecule has 1 N–H and O–H groups in total. The first-order valence-corrected chi connectivity index (χ1v) is 11.7. The Bertz CT molecular complexity index is 1240. The number of carbonyl (C=O) groups excluding carboxylic acids is 1. The minimum atomic E-state index is -0.255. The predicted octanol–water partition coefficient (Wildman–Crippen LogP) is 6.39. The molecule has 0 atom stereocenters. The van der Waals surface area contributed by atoms with E-state index in [1.165, 1.54) is 3.57 Å². The van der Waals surface area contributed by atoms with Crippen LogP contribution in [0.25, 0.3) is 10.8 Å². The molecule has 0 heterocycles. The van der Waals surface area contributed by atoms with Crippen molar-refractivity contribution in [2.45, 2.75) is 6.61 Å². The molecule has 0 saturated heterocycles. The quantitative estimate of drug-likeness (QED) is 0.152. The Morgan fingerprint density at radius 2 is 1.55 bits per heavy atom. The van der Waals surface area contributed by atoms with Crippen LogP contribution >= 0.6 is 45.2 Å². The fourth-order valence-electron chi connectivity index (χ4n) is 3.10. The van der Waals surface area contributed by atoms with Crippen molar-refractivity contribution in [1.29, 1.82) is 0 Å². The third-order valence-electron chi connectivity index (χ3n) is 4.70. The second kappa shape index (κ2) is 10.2. The van der Waals surface area contributed by atoms with E-state index in [1.54, 1.807) is 18.3 Å². The number of hydrazone groups is 1. The molecule has 4 aromatic carbocycles. The Hall–Kier alpha value is -2.46. The van der Waals surface area contributed by atoms with Gasteiger partial charge in [0.1, 0.15) is 12.4 Å². The van der Waals surface area contributed by atoms with Crippen LogP contribution in [-0.2, 0) is 6.61 Å². The monoisotopic (exact) mass is 632 g/mol. The molecular weight excluding hydrogens is 614 g/mol. The lowest BCUT2D eigenvalue weighted by Gasteiger charge is -2.12. The van der Waals surface area contributed by atoms with Gasteiger partial charge in [0.2, 0.25) is 0 Å². The van der Waals surface area contributed by atoms with Crippen LogP contribution in [0.1, 0.15) is 21.5 Å². The van der Waals surface area contributed by atoms with Crippen molar-refractivity contribution in [2.24, 2.45) is 5.10 Å². The first-order valence-electron chi connectivity index (χ1n) is 9.58. The molecule has 0 aliphatic carbocycles. The van der Waals surface area contributed by atoms with Crippen LogP contribution in [0.2, 0.25) is 0 Å². The normalized spacial score (nSPS) is 11.0. The van der Waals surface area contributed by atoms with E-state index in [9.17, 15) is 4.79 Å². The lowest BCUT2D eigenvalue weighted by molar-refractivity contribution is 0.0955. The maximum absolute atomic E-state index is 12.4. The van der Waals surface area contributed by atoms with Crippen LogP contribution in [0.15, 0.2) is 90.0 Å². The van der Waals surface area contributed by atoms with E-state index in [2.05, 4.69) is 80.0 Å². The number of fused-ring (bicyclic) bond motifs is 1. The van der Waals surface area contributed by atoms with E-state index < -0.39 is 0 Å². The van der Waals surface area contributed by atoms with E-state index in [4.69, 9.17) is 4.74 Å². The van der Waals surface area contributed by atoms with Gasteiger partial charge in [-0.1, -0.05) is 42.5 Å². The SMILES string of the molecule is O=C(N/N=C\c1c(OCc2ccc(I)cc2)ccc2ccccc12)c1ccc(I)cc1. The lowest BCUT2D eigenvalue weighted by atomic mass is 10.0. The Labute approximate surface area is 208 Å². The molecule has 154 valence electrons. The molecule has 0 saturated carbocycles. The number of nitrogens with zero attached hydrogens (tertiary/aromatic N) is 1. The number of hydrogen-bond acceptors (Lipinski definition) is 3. The summed E-state index contributed by atoms with van der Waals surface area (Å²) in [6, 6.07) is 27.6. The standard InChI is InChI=1S/C25H18I2N2O2/c26-20-10-5-17(6-11-20)16-31-24-14-9-18-3-1-2-4-22(18)23(24)15-28-29-25(30)19-7-12-21(27)13-8-19/h1-15H,16H2,(H,29,30)/b28-15-. The molecule has 0 unspecified atom stereocenters. The van der Waals surface area contributed by atoms with Crippen molar-refractivity contribution in [3.63, 3.8) is 0 Å². The van der Waals surface area contributed by atoms with Crippen LogP contribution in [0, 0.1) is 7.14 Å². The number of ether oxygens (including phenoxy) is 1. The van der Waals surface area contributed by atoms with Gasteiger partial charge < -0.3 is 4.74 Å². The maximum atomic E-state index is 12.4. The predicted molar refractivity (Wildman–Crippen MR) is 142 cm³/mol. The molecule has 0 spiro atoms. The zero-order valence-electron chi connectivity index (χ0n) is 16.4. The summed E-state index contributed by atoms with van der Waals surface area (Å²) in [5.41, 5.74) is 5.08. The number of hydrogen-bond donors (Lipinski definition) is 1. The molecule has 31 heavy (non-hydrogen) atoms. The molecule has 6 heteroatoms. The summed E-state index contributed by atoms with van der Waals surface area (Å²) in [6.45, 7) is 0.450. The summed E-state index contributed by atoms with van der Waals surface area (Å²) in [6.07, 6.45) is 1.65. The summed E-state index contributed by atoms with van der Waals surface area (Å²) >= 11 is 4.49. The van der Waals surface area contributed by atoms with Gasteiger partial charge in [-0.3, -0.25) is 4.79 Å². The van der Waals surface area contributed by atoms with E-state index in [0.717, 1.165) is 25.5 Å². The molecule has 0 aromatic heterocycles. The minimum absolute atomic E-state index is 0.255. The molecule has 0 radical (unpaired) electrons. The van der Waals surface area contributed by atoms with E-state index in [-0.39, 0.29) is 5.91 Å². The highest BCUT2D eigenvalue weighted by atomic mass is 127. The Kier molecular flexibility index (Phi) is 7.18. The van der Waals surface area contributed by atoms with Gasteiger partial charge in [-0.2, -0.15) is 5.10 Å². The highest BCUT2D eigenvalue weighted by molar-refractivity contribution is 14.1. The molecule has 1 amide bonds. The van der Waals surface area contributed by atoms with Crippen molar-refractivity contribution in [3.05, 3.63) is 109 Å². The van der Waals surface area contributed by atoms with Crippen molar-refractivity contribution in [1.82, 2.24) is 5.43 Å². The molecule has 0 aliphatic rings. The van der Waals surface area contributed by atoms with Crippen LogP contribution < -0.4 is 10.2 Å². The smallest absolute Gasteiger partial charge is 0.271 e. The van der Waals surface area contributed by atoms with E-state index in [0.29, 0.717) is 17.9 Å². The molecule has 4 aromatic rings. The van der Waals surface area contributed by atoms with Crippen molar-refractivity contribution >= 4 is 68.1 Å². The summed E-state index contributed by atoms with van der Waals surface area (Å²) in [5.74, 6) is 0.457. The van der Waals surface area contributed by atoms with Gasteiger partial charge in [-0.15, -0.1) is 0 Å². The molecule has 0 bridgehead atoms. The van der Waals surface area contributed by atoms with Gasteiger partial charge in [0.25, 0.3) is 5.91 Å². The summed E-state index contributed by atoms with van der Waals surface area (Å²) in [7, 11) is 0. The molecular formula is C25H18I2N2O2. The number of benzene rings is 4. The van der Waals surface area contributed by atoms with Crippen LogP contribution in [0.4, 0.5) is 0 Å². The van der Waals surface area contributed by atoms with E-state index in [1.807, 2.05) is 48.5 Å². The lowest BCUT2D eigenvalue weighted by Crippen LogP contribution is -2.17. The zero-order valence-corrected chi connectivity index (χ0v) is 20.7. The van der Waals surface area contributed by atoms with Gasteiger partial charge in [-0.25, -0.2) is 5.43 Å². The fraction of sp³-hybridized carbons (Fsp3) is 0.0400. The van der Waals surface area contributed by atoms with Crippen molar-refractivity contribution in [2.75, 3.05) is 0 Å². The second-order valence-corrected chi connectivity index (χ2v) is 9.31. The average molecular weight is 632 g/mol. The van der Waals surface area contributed by atoms with Gasteiger partial charge in [-0.05, 0) is 104 Å². The number of rotatable bonds is 6. The van der Waals surface area contributed by atoms with Crippen LogP contribution in [-0.4, -0.2) is 12.1 Å². The van der Waals surface area contributed by atoms with Crippen LogP contribution in [0.3, 0.4) is 0 Å². The molecule has 0 fully saturated rings. The molecule has 4 nitrogen and oxygen atoms in total. The average Bonchev–Trinajstić information content (AvgIpc) is 2.79.